The second-order valence-corrected chi connectivity index (χ2v) is 9.53. The van der Waals surface area contributed by atoms with E-state index in [1.165, 1.54) is 11.8 Å². The zero-order chi connectivity index (χ0) is 25.1. The lowest BCUT2D eigenvalue weighted by Crippen LogP contribution is -2.28. The minimum Gasteiger partial charge on any atom is -0.497 e. The summed E-state index contributed by atoms with van der Waals surface area (Å²) < 4.78 is 7.31. The number of rotatable bonds is 7. The van der Waals surface area contributed by atoms with E-state index in [1.807, 2.05) is 84.3 Å². The van der Waals surface area contributed by atoms with E-state index in [0.29, 0.717) is 11.6 Å². The Morgan fingerprint density at radius 3 is 2.42 bits per heavy atom. The van der Waals surface area contributed by atoms with Crippen LogP contribution in [-0.2, 0) is 4.79 Å². The van der Waals surface area contributed by atoms with E-state index in [-0.39, 0.29) is 17.7 Å². The molecular weight excluding hydrogens is 470 g/mol. The highest BCUT2D eigenvalue weighted by Crippen LogP contribution is 2.34. The van der Waals surface area contributed by atoms with Gasteiger partial charge in [0.25, 0.3) is 5.91 Å². The van der Waals surface area contributed by atoms with Gasteiger partial charge in [-0.15, -0.1) is 10.2 Å². The summed E-state index contributed by atoms with van der Waals surface area (Å²) in [6.07, 6.45) is 0.644. The molecule has 182 valence electrons. The van der Waals surface area contributed by atoms with Gasteiger partial charge in [-0.3, -0.25) is 9.36 Å². The number of hydrazone groups is 1. The number of benzene rings is 3. The monoisotopic (exact) mass is 497 g/mol. The Balaban J connectivity index is 1.40. The normalized spacial score (nSPS) is 15.1. The SMILES string of the molecule is COc1ccc(C2CC(c3ccccc3)=NN2C(=O)CSc2nnc(C)n2-c2ccccc2C)cc1. The average molecular weight is 498 g/mol. The molecule has 0 fully saturated rings. The highest BCUT2D eigenvalue weighted by atomic mass is 32.2. The van der Waals surface area contributed by atoms with Crippen molar-refractivity contribution in [3.63, 3.8) is 0 Å². The van der Waals surface area contributed by atoms with Crippen LogP contribution < -0.4 is 4.74 Å². The Hall–Kier alpha value is -3.91. The van der Waals surface area contributed by atoms with Crippen LogP contribution in [0.3, 0.4) is 0 Å². The molecule has 0 saturated carbocycles. The summed E-state index contributed by atoms with van der Waals surface area (Å²) in [6, 6.07) is 25.7. The van der Waals surface area contributed by atoms with E-state index in [1.54, 1.807) is 12.1 Å². The van der Waals surface area contributed by atoms with Crippen molar-refractivity contribution in [3.05, 3.63) is 101 Å². The molecule has 4 aromatic rings. The fraction of sp³-hybridized carbons (Fsp3) is 0.214. The first kappa shape index (κ1) is 23.8. The maximum Gasteiger partial charge on any atom is 0.253 e. The van der Waals surface area contributed by atoms with Crippen molar-refractivity contribution in [1.82, 2.24) is 19.8 Å². The Morgan fingerprint density at radius 1 is 0.972 bits per heavy atom. The number of thioether (sulfide) groups is 1. The van der Waals surface area contributed by atoms with E-state index in [4.69, 9.17) is 9.84 Å². The van der Waals surface area contributed by atoms with Crippen molar-refractivity contribution in [2.45, 2.75) is 31.5 Å². The van der Waals surface area contributed by atoms with Crippen LogP contribution in [0.4, 0.5) is 0 Å². The van der Waals surface area contributed by atoms with Crippen molar-refractivity contribution < 1.29 is 9.53 Å². The number of aryl methyl sites for hydroxylation is 2. The third-order valence-corrected chi connectivity index (χ3v) is 7.16. The van der Waals surface area contributed by atoms with Crippen LogP contribution in [0.1, 0.15) is 35.0 Å². The van der Waals surface area contributed by atoms with Gasteiger partial charge in [0.1, 0.15) is 11.6 Å². The topological polar surface area (TPSA) is 72.6 Å². The van der Waals surface area contributed by atoms with E-state index < -0.39 is 0 Å². The summed E-state index contributed by atoms with van der Waals surface area (Å²) in [6.45, 7) is 3.97. The maximum absolute atomic E-state index is 13.5. The number of aromatic nitrogens is 3. The summed E-state index contributed by atoms with van der Waals surface area (Å²) in [5.74, 6) is 1.67. The predicted molar refractivity (Wildman–Crippen MR) is 142 cm³/mol. The minimum atomic E-state index is -0.185. The van der Waals surface area contributed by atoms with Gasteiger partial charge in [0.15, 0.2) is 5.16 Å². The molecule has 0 spiro atoms. The third kappa shape index (κ3) is 4.77. The number of carbonyl (C=O) groups excluding carboxylic acids is 1. The largest absolute Gasteiger partial charge is 0.497 e. The molecule has 1 atom stereocenters. The molecule has 3 aromatic carbocycles. The van der Waals surface area contributed by atoms with Gasteiger partial charge in [0.05, 0.1) is 30.3 Å². The van der Waals surface area contributed by atoms with E-state index >= 15 is 0 Å². The first-order valence-corrected chi connectivity index (χ1v) is 12.7. The quantitative estimate of drug-likeness (QED) is 0.321. The predicted octanol–water partition coefficient (Wildman–Crippen LogP) is 5.36. The molecule has 2 heterocycles. The molecule has 1 aliphatic rings. The smallest absolute Gasteiger partial charge is 0.253 e. The number of nitrogens with zero attached hydrogens (tertiary/aromatic N) is 5. The molecule has 0 bridgehead atoms. The van der Waals surface area contributed by atoms with Crippen LogP contribution in [0, 0.1) is 13.8 Å². The van der Waals surface area contributed by atoms with Gasteiger partial charge in [0.2, 0.25) is 0 Å². The van der Waals surface area contributed by atoms with Gasteiger partial charge < -0.3 is 4.74 Å². The van der Waals surface area contributed by atoms with Crippen molar-refractivity contribution in [2.24, 2.45) is 5.10 Å². The third-order valence-electron chi connectivity index (χ3n) is 6.25. The molecule has 0 radical (unpaired) electrons. The zero-order valence-electron chi connectivity index (χ0n) is 20.5. The van der Waals surface area contributed by atoms with Crippen LogP contribution in [0.15, 0.2) is 89.1 Å². The lowest BCUT2D eigenvalue weighted by atomic mass is 9.98. The molecule has 0 N–H and O–H groups in total. The Labute approximate surface area is 214 Å². The van der Waals surface area contributed by atoms with Gasteiger partial charge >= 0.3 is 0 Å². The van der Waals surface area contributed by atoms with Crippen LogP contribution in [0.2, 0.25) is 0 Å². The molecule has 1 aliphatic heterocycles. The van der Waals surface area contributed by atoms with Gasteiger partial charge in [0, 0.05) is 6.42 Å². The summed E-state index contributed by atoms with van der Waals surface area (Å²) >= 11 is 1.38. The molecule has 5 rings (SSSR count). The molecule has 1 unspecified atom stereocenters. The van der Waals surface area contributed by atoms with Gasteiger partial charge in [-0.05, 0) is 48.7 Å². The zero-order valence-corrected chi connectivity index (χ0v) is 21.3. The number of hydrogen-bond acceptors (Lipinski definition) is 6. The number of carbonyl (C=O) groups is 1. The van der Waals surface area contributed by atoms with Crippen LogP contribution in [-0.4, -0.2) is 44.3 Å². The lowest BCUT2D eigenvalue weighted by Gasteiger charge is -2.22. The second kappa shape index (κ2) is 10.4. The van der Waals surface area contributed by atoms with Crippen molar-refractivity contribution in [3.8, 4) is 11.4 Å². The van der Waals surface area contributed by atoms with Gasteiger partial charge in [-0.2, -0.15) is 5.10 Å². The minimum absolute atomic E-state index is 0.0799. The van der Waals surface area contributed by atoms with Crippen LogP contribution in [0.5, 0.6) is 5.75 Å². The van der Waals surface area contributed by atoms with Crippen LogP contribution >= 0.6 is 11.8 Å². The van der Waals surface area contributed by atoms with Crippen molar-refractivity contribution in [2.75, 3.05) is 12.9 Å². The summed E-state index contributed by atoms with van der Waals surface area (Å²) in [7, 11) is 1.64. The van der Waals surface area contributed by atoms with Crippen LogP contribution in [0.25, 0.3) is 5.69 Å². The fourth-order valence-corrected chi connectivity index (χ4v) is 5.19. The fourth-order valence-electron chi connectivity index (χ4n) is 4.35. The van der Waals surface area contributed by atoms with E-state index in [2.05, 4.69) is 23.2 Å². The highest BCUT2D eigenvalue weighted by molar-refractivity contribution is 7.99. The maximum atomic E-state index is 13.5. The van der Waals surface area contributed by atoms with Crippen molar-refractivity contribution in [1.29, 1.82) is 0 Å². The number of para-hydroxylation sites is 1. The standard InChI is InChI=1S/C28H27N5O2S/c1-19-9-7-8-12-25(19)32-20(2)29-30-28(32)36-18-27(34)33-26(22-13-15-23(35-3)16-14-22)17-24(31-33)21-10-5-4-6-11-21/h4-16,26H,17-18H2,1-3H3. The van der Waals surface area contributed by atoms with E-state index in [0.717, 1.165) is 39.7 Å². The average Bonchev–Trinajstić information content (AvgIpc) is 3.52. The molecular formula is C28H27N5O2S. The first-order valence-electron chi connectivity index (χ1n) is 11.7. The summed E-state index contributed by atoms with van der Waals surface area (Å²) in [5.41, 5.74) is 5.06. The number of ether oxygens (including phenoxy) is 1. The number of amides is 1. The Bertz CT molecular complexity index is 1400. The molecule has 1 aromatic heterocycles. The van der Waals surface area contributed by atoms with Gasteiger partial charge in [-0.25, -0.2) is 5.01 Å². The molecule has 36 heavy (non-hydrogen) atoms. The number of hydrogen-bond donors (Lipinski definition) is 0. The molecule has 1 amide bonds. The molecule has 8 heteroatoms. The molecule has 0 saturated heterocycles. The van der Waals surface area contributed by atoms with Crippen molar-refractivity contribution >= 4 is 23.4 Å². The van der Waals surface area contributed by atoms with E-state index in [9.17, 15) is 4.79 Å². The lowest BCUT2D eigenvalue weighted by molar-refractivity contribution is -0.130. The summed E-state index contributed by atoms with van der Waals surface area (Å²) in [4.78, 5) is 13.5. The molecule has 0 aliphatic carbocycles. The van der Waals surface area contributed by atoms with Gasteiger partial charge in [-0.1, -0.05) is 72.4 Å². The second-order valence-electron chi connectivity index (χ2n) is 8.58. The highest BCUT2D eigenvalue weighted by Gasteiger charge is 2.33. The Kier molecular flexibility index (Phi) is 6.86. The number of methoxy groups -OCH3 is 1. The molecule has 7 nitrogen and oxygen atoms in total. The summed E-state index contributed by atoms with van der Waals surface area (Å²) in [5, 5.41) is 15.7. The first-order chi connectivity index (χ1) is 17.5. The Morgan fingerprint density at radius 2 is 1.69 bits per heavy atom.